The molecule has 0 fully saturated rings. The number of ether oxygens (including phenoxy) is 3. The van der Waals surface area contributed by atoms with Crippen LogP contribution >= 0.6 is 0 Å². The van der Waals surface area contributed by atoms with Gasteiger partial charge in [-0.3, -0.25) is 0 Å². The van der Waals surface area contributed by atoms with Crippen molar-refractivity contribution >= 4 is 5.90 Å². The third-order valence-corrected chi connectivity index (χ3v) is 10.5. The number of nitrogens with one attached hydrogen (secondary N) is 1. The topological polar surface area (TPSA) is 139 Å². The predicted molar refractivity (Wildman–Crippen MR) is 233 cm³/mol. The van der Waals surface area contributed by atoms with Gasteiger partial charge in [0.1, 0.15) is 34.7 Å². The highest BCUT2D eigenvalue weighted by molar-refractivity contribution is 5.97. The molecule has 0 saturated heterocycles. The number of aromatic nitrogens is 4. The maximum Gasteiger partial charge on any atom is 0.258 e. The van der Waals surface area contributed by atoms with E-state index in [0.29, 0.717) is 53.8 Å². The molecule has 1 N–H and O–H groups in total. The van der Waals surface area contributed by atoms with Crippen LogP contribution < -0.4 is 19.7 Å². The average Bonchev–Trinajstić information content (AvgIpc) is 4.09. The Hall–Kier alpha value is -6.22. The lowest BCUT2D eigenvalue weighted by atomic mass is 10.0. The summed E-state index contributed by atoms with van der Waals surface area (Å²) in [5.41, 5.74) is 4.38. The molecule has 1 unspecified atom stereocenters. The van der Waals surface area contributed by atoms with Crippen LogP contribution in [-0.2, 0) is 4.84 Å². The third-order valence-electron chi connectivity index (χ3n) is 10.5. The van der Waals surface area contributed by atoms with E-state index in [9.17, 15) is 0 Å². The molecule has 0 radical (unpaired) electrons. The Labute approximate surface area is 365 Å². The van der Waals surface area contributed by atoms with Crippen LogP contribution in [0, 0.1) is 17.5 Å². The molecule has 1 atom stereocenters. The molecular formula is C48H53F3N6O6. The van der Waals surface area contributed by atoms with Gasteiger partial charge in [0, 0.05) is 40.5 Å². The molecule has 6 aromatic rings. The first-order valence-corrected chi connectivity index (χ1v) is 21.9. The first kappa shape index (κ1) is 44.8. The maximum atomic E-state index is 15.4. The lowest BCUT2D eigenvalue weighted by Crippen LogP contribution is -2.16. The quantitative estimate of drug-likeness (QED) is 0.0582. The molecule has 1 aliphatic rings. The minimum atomic E-state index is -0.895. The van der Waals surface area contributed by atoms with Crippen LogP contribution in [0.4, 0.5) is 13.2 Å². The number of aliphatic imine (C=N–C) groups is 1. The monoisotopic (exact) mass is 866 g/mol. The molecule has 15 heteroatoms. The second kappa shape index (κ2) is 22.2. The molecule has 12 nitrogen and oxygen atoms in total. The normalized spacial score (nSPS) is 13.6. The number of rotatable bonds is 24. The highest BCUT2D eigenvalue weighted by atomic mass is 19.1. The minimum Gasteiger partial charge on any atom is -0.493 e. The first-order valence-electron chi connectivity index (χ1n) is 21.9. The van der Waals surface area contributed by atoms with Crippen molar-refractivity contribution in [3.63, 3.8) is 0 Å². The molecule has 0 bridgehead atoms. The van der Waals surface area contributed by atoms with E-state index in [1.165, 1.54) is 30.3 Å². The number of benzene rings is 4. The summed E-state index contributed by atoms with van der Waals surface area (Å²) in [4.78, 5) is 19.5. The number of unbranched alkanes of at least 4 members (excludes halogenated alkanes) is 9. The van der Waals surface area contributed by atoms with E-state index < -0.39 is 23.6 Å². The van der Waals surface area contributed by atoms with E-state index in [-0.39, 0.29) is 46.0 Å². The van der Waals surface area contributed by atoms with Crippen molar-refractivity contribution in [2.24, 2.45) is 4.99 Å². The van der Waals surface area contributed by atoms with Gasteiger partial charge in [0.15, 0.2) is 6.17 Å². The van der Waals surface area contributed by atoms with Crippen molar-refractivity contribution in [3.05, 3.63) is 101 Å². The van der Waals surface area contributed by atoms with E-state index in [4.69, 9.17) is 28.1 Å². The summed E-state index contributed by atoms with van der Waals surface area (Å²) in [6.07, 6.45) is 11.6. The zero-order chi connectivity index (χ0) is 44.0. The molecular weight excluding hydrogens is 814 g/mol. The lowest BCUT2D eigenvalue weighted by molar-refractivity contribution is 0.178. The van der Waals surface area contributed by atoms with Gasteiger partial charge in [0.25, 0.3) is 11.8 Å². The van der Waals surface area contributed by atoms with Gasteiger partial charge in [-0.15, -0.1) is 5.48 Å². The van der Waals surface area contributed by atoms with E-state index in [0.717, 1.165) is 77.0 Å². The SMILES string of the molecule is CCCCCCOc1ccc(-c2noc(-c3cc(C4=NC(c5ccc(OCCCCCC)cc5F)NO4)cc(-c4nc(-c5ccc(OCCCCCC)cc5F)no4)c3)n2)c(F)c1. The summed E-state index contributed by atoms with van der Waals surface area (Å²) in [7, 11) is 0. The van der Waals surface area contributed by atoms with Crippen LogP contribution in [0.3, 0.4) is 0 Å². The van der Waals surface area contributed by atoms with Crippen molar-refractivity contribution < 1.29 is 41.3 Å². The maximum absolute atomic E-state index is 15.4. The number of nitrogens with zero attached hydrogens (tertiary/aromatic N) is 5. The minimum absolute atomic E-state index is 0.00735. The zero-order valence-electron chi connectivity index (χ0n) is 35.9. The first-order chi connectivity index (χ1) is 30.8. The molecule has 1 aliphatic heterocycles. The summed E-state index contributed by atoms with van der Waals surface area (Å²) in [6.45, 7) is 7.88. The fourth-order valence-electron chi connectivity index (χ4n) is 6.96. The Morgan fingerprint density at radius 1 is 0.524 bits per heavy atom. The smallest absolute Gasteiger partial charge is 0.258 e. The Morgan fingerprint density at radius 2 is 0.968 bits per heavy atom. The van der Waals surface area contributed by atoms with Crippen molar-refractivity contribution in [2.75, 3.05) is 19.8 Å². The van der Waals surface area contributed by atoms with Crippen LogP contribution in [0.2, 0.25) is 0 Å². The molecule has 7 rings (SSSR count). The molecule has 2 aromatic heterocycles. The highest BCUT2D eigenvalue weighted by Gasteiger charge is 2.27. The average molecular weight is 867 g/mol. The largest absolute Gasteiger partial charge is 0.493 e. The number of hydrogen-bond acceptors (Lipinski definition) is 12. The van der Waals surface area contributed by atoms with Crippen molar-refractivity contribution in [1.82, 2.24) is 25.8 Å². The summed E-state index contributed by atoms with van der Waals surface area (Å²) < 4.78 is 74.9. The van der Waals surface area contributed by atoms with Gasteiger partial charge in [0.05, 0.1) is 30.9 Å². The molecule has 0 spiro atoms. The molecule has 3 heterocycles. The summed E-state index contributed by atoms with van der Waals surface area (Å²) in [6, 6.07) is 18.6. The van der Waals surface area contributed by atoms with Gasteiger partial charge >= 0.3 is 0 Å². The Morgan fingerprint density at radius 3 is 1.41 bits per heavy atom. The number of halogens is 3. The Balaban J connectivity index is 1.15. The summed E-state index contributed by atoms with van der Waals surface area (Å²) >= 11 is 0. The molecule has 63 heavy (non-hydrogen) atoms. The third kappa shape index (κ3) is 11.8. The van der Waals surface area contributed by atoms with Crippen LogP contribution in [-0.4, -0.2) is 46.0 Å². The van der Waals surface area contributed by atoms with Crippen molar-refractivity contribution in [3.8, 4) is 62.9 Å². The van der Waals surface area contributed by atoms with Crippen molar-refractivity contribution in [1.29, 1.82) is 0 Å². The standard InChI is InChI=1S/C48H53F3N6O6/c1-4-7-10-13-22-58-34-16-19-37(40(49)28-34)43-52-46(61-55-43)31-25-32(47-53-44(56-62-47)38-20-17-35(29-41(38)50)59-23-14-11-8-5-2)27-33(26-31)48-54-45(57-63-48)39-21-18-36(30-42(39)51)60-24-15-12-9-6-3/h16-21,25-30,43,55H,4-15,22-24H2,1-3H3. The fraction of sp³-hybridized carbons (Fsp3) is 0.396. The Kier molecular flexibility index (Phi) is 15.8. The van der Waals surface area contributed by atoms with Gasteiger partial charge in [-0.1, -0.05) is 88.9 Å². The van der Waals surface area contributed by atoms with Crippen molar-refractivity contribution in [2.45, 2.75) is 104 Å². The second-order valence-electron chi connectivity index (χ2n) is 15.4. The molecule has 0 saturated carbocycles. The summed E-state index contributed by atoms with van der Waals surface area (Å²) in [5.74, 6) is -0.271. The second-order valence-corrected chi connectivity index (χ2v) is 15.4. The van der Waals surface area contributed by atoms with E-state index in [1.807, 2.05) is 0 Å². The van der Waals surface area contributed by atoms with Gasteiger partial charge < -0.3 is 28.1 Å². The number of hydrogen-bond donors (Lipinski definition) is 1. The molecule has 0 aliphatic carbocycles. The predicted octanol–water partition coefficient (Wildman–Crippen LogP) is 12.4. The van der Waals surface area contributed by atoms with Gasteiger partial charge in [-0.25, -0.2) is 18.2 Å². The van der Waals surface area contributed by atoms with Gasteiger partial charge in [-0.05, 0) is 73.9 Å². The summed E-state index contributed by atoms with van der Waals surface area (Å²) in [5, 5.41) is 8.15. The lowest BCUT2D eigenvalue weighted by Gasteiger charge is -2.10. The van der Waals surface area contributed by atoms with Gasteiger partial charge in [0.2, 0.25) is 17.5 Å². The Bertz CT molecular complexity index is 2340. The van der Waals surface area contributed by atoms with Crippen LogP contribution in [0.1, 0.15) is 115 Å². The molecule has 4 aromatic carbocycles. The van der Waals surface area contributed by atoms with Gasteiger partial charge in [-0.2, -0.15) is 9.97 Å². The van der Waals surface area contributed by atoms with E-state index >= 15 is 13.2 Å². The van der Waals surface area contributed by atoms with E-state index in [1.54, 1.807) is 42.5 Å². The fourth-order valence-corrected chi connectivity index (χ4v) is 6.96. The molecule has 332 valence electrons. The highest BCUT2D eigenvalue weighted by Crippen LogP contribution is 2.34. The molecule has 0 amide bonds. The van der Waals surface area contributed by atoms with Crippen LogP contribution in [0.25, 0.3) is 45.7 Å². The zero-order valence-corrected chi connectivity index (χ0v) is 35.9. The van der Waals surface area contributed by atoms with E-state index in [2.05, 4.69) is 51.5 Å². The van der Waals surface area contributed by atoms with Crippen LogP contribution in [0.5, 0.6) is 17.2 Å². The number of hydroxylamine groups is 1. The van der Waals surface area contributed by atoms with Crippen LogP contribution in [0.15, 0.2) is 86.8 Å².